The monoisotopic (exact) mass is 419 g/mol. The van der Waals surface area contributed by atoms with Crippen molar-refractivity contribution in [2.45, 2.75) is 45.2 Å². The molecule has 0 bridgehead atoms. The number of hydrogen-bond acceptors (Lipinski definition) is 3. The molecule has 1 atom stereocenters. The van der Waals surface area contributed by atoms with Crippen molar-refractivity contribution in [3.05, 3.63) is 65.2 Å². The van der Waals surface area contributed by atoms with Crippen molar-refractivity contribution in [1.82, 2.24) is 9.80 Å². The molecule has 6 nitrogen and oxygen atoms in total. The quantitative estimate of drug-likeness (QED) is 0.717. The minimum atomic E-state index is -0.395. The first-order valence-electron chi connectivity index (χ1n) is 11.1. The number of benzene rings is 2. The molecule has 0 aliphatic carbocycles. The summed E-state index contributed by atoms with van der Waals surface area (Å²) in [5, 5.41) is 0. The van der Waals surface area contributed by atoms with Crippen molar-refractivity contribution < 1.29 is 14.4 Å². The van der Waals surface area contributed by atoms with Crippen LogP contribution in [-0.2, 0) is 11.3 Å². The Labute approximate surface area is 183 Å². The molecule has 1 unspecified atom stereocenters. The van der Waals surface area contributed by atoms with Gasteiger partial charge in [-0.25, -0.2) is 0 Å². The van der Waals surface area contributed by atoms with Gasteiger partial charge in [0, 0.05) is 25.7 Å². The van der Waals surface area contributed by atoms with Gasteiger partial charge < -0.3 is 14.7 Å². The van der Waals surface area contributed by atoms with E-state index in [1.165, 1.54) is 0 Å². The molecule has 1 saturated heterocycles. The lowest BCUT2D eigenvalue weighted by Gasteiger charge is -2.26. The van der Waals surface area contributed by atoms with Gasteiger partial charge >= 0.3 is 0 Å². The highest BCUT2D eigenvalue weighted by Gasteiger charge is 2.41. The average molecular weight is 420 g/mol. The number of hydrogen-bond donors (Lipinski definition) is 0. The largest absolute Gasteiger partial charge is 0.342 e. The summed E-state index contributed by atoms with van der Waals surface area (Å²) in [6.45, 7) is 3.84. The van der Waals surface area contributed by atoms with Gasteiger partial charge in [-0.1, -0.05) is 37.6 Å². The summed E-state index contributed by atoms with van der Waals surface area (Å²) in [4.78, 5) is 44.2. The lowest BCUT2D eigenvalue weighted by Crippen LogP contribution is -2.44. The molecule has 3 amide bonds. The third-order valence-electron chi connectivity index (χ3n) is 6.23. The Morgan fingerprint density at radius 3 is 2.58 bits per heavy atom. The highest BCUT2D eigenvalue weighted by molar-refractivity contribution is 6.11. The summed E-state index contributed by atoms with van der Waals surface area (Å²) in [6, 6.07) is 14.4. The van der Waals surface area contributed by atoms with Crippen LogP contribution in [0.15, 0.2) is 48.5 Å². The number of para-hydroxylation sites is 1. The van der Waals surface area contributed by atoms with Crippen molar-refractivity contribution in [1.29, 1.82) is 0 Å². The van der Waals surface area contributed by atoms with E-state index in [0.29, 0.717) is 36.3 Å². The molecule has 1 fully saturated rings. The minimum absolute atomic E-state index is 0.00314. The van der Waals surface area contributed by atoms with Gasteiger partial charge in [0.2, 0.25) is 5.91 Å². The van der Waals surface area contributed by atoms with Gasteiger partial charge in [0.15, 0.2) is 0 Å². The van der Waals surface area contributed by atoms with Crippen molar-refractivity contribution in [2.75, 3.05) is 25.0 Å². The van der Waals surface area contributed by atoms with Gasteiger partial charge in [-0.3, -0.25) is 14.4 Å². The van der Waals surface area contributed by atoms with Gasteiger partial charge in [0.1, 0.15) is 6.04 Å². The number of unbranched alkanes of at least 4 members (excludes halogenated alkanes) is 1. The lowest BCUT2D eigenvalue weighted by molar-refractivity contribution is -0.122. The predicted octanol–water partition coefficient (Wildman–Crippen LogP) is 3.71. The van der Waals surface area contributed by atoms with Gasteiger partial charge in [-0.15, -0.1) is 0 Å². The van der Waals surface area contributed by atoms with E-state index in [0.717, 1.165) is 31.4 Å². The number of nitrogens with zero attached hydrogens (tertiary/aromatic N) is 3. The van der Waals surface area contributed by atoms with Gasteiger partial charge in [0.05, 0.1) is 17.8 Å². The van der Waals surface area contributed by atoms with E-state index in [4.69, 9.17) is 0 Å². The van der Waals surface area contributed by atoms with E-state index in [9.17, 15) is 14.4 Å². The molecule has 2 aliphatic rings. The first-order chi connectivity index (χ1) is 15.0. The fraction of sp³-hybridized carbons (Fsp3) is 0.400. The maximum atomic E-state index is 13.4. The number of amides is 3. The van der Waals surface area contributed by atoms with Crippen LogP contribution in [0.4, 0.5) is 5.69 Å². The molecule has 0 aromatic heterocycles. The Hall–Kier alpha value is -3.15. The lowest BCUT2D eigenvalue weighted by atomic mass is 10.1. The normalized spacial score (nSPS) is 17.9. The van der Waals surface area contributed by atoms with Crippen molar-refractivity contribution in [3.8, 4) is 0 Å². The fourth-order valence-electron chi connectivity index (χ4n) is 4.43. The van der Waals surface area contributed by atoms with Gasteiger partial charge in [-0.05, 0) is 49.1 Å². The molecule has 162 valence electrons. The van der Waals surface area contributed by atoms with Gasteiger partial charge in [-0.2, -0.15) is 0 Å². The highest BCUT2D eigenvalue weighted by atomic mass is 16.2. The van der Waals surface area contributed by atoms with Crippen molar-refractivity contribution in [3.63, 3.8) is 0 Å². The Morgan fingerprint density at radius 1 is 1.10 bits per heavy atom. The minimum Gasteiger partial charge on any atom is -0.342 e. The number of carbonyl (C=O) groups is 3. The summed E-state index contributed by atoms with van der Waals surface area (Å²) in [5.41, 5.74) is 2.80. The molecule has 2 aromatic carbocycles. The average Bonchev–Trinajstić information content (AvgIpc) is 3.27. The van der Waals surface area contributed by atoms with Crippen molar-refractivity contribution in [2.24, 2.45) is 0 Å². The second-order valence-electron chi connectivity index (χ2n) is 8.38. The van der Waals surface area contributed by atoms with E-state index in [-0.39, 0.29) is 17.7 Å². The zero-order chi connectivity index (χ0) is 22.0. The van der Waals surface area contributed by atoms with Crippen LogP contribution < -0.4 is 4.90 Å². The van der Waals surface area contributed by atoms with Crippen LogP contribution in [0, 0.1) is 0 Å². The molecule has 6 heteroatoms. The molecule has 2 aromatic rings. The summed E-state index contributed by atoms with van der Waals surface area (Å²) < 4.78 is 0. The third-order valence-corrected chi connectivity index (χ3v) is 6.23. The first-order valence-corrected chi connectivity index (χ1v) is 11.1. The van der Waals surface area contributed by atoms with Crippen LogP contribution >= 0.6 is 0 Å². The molecule has 4 rings (SSSR count). The van der Waals surface area contributed by atoms with Gasteiger partial charge in [0.25, 0.3) is 11.8 Å². The summed E-state index contributed by atoms with van der Waals surface area (Å²) in [5.74, 6) is -0.0938. The Balaban J connectivity index is 1.58. The molecule has 31 heavy (non-hydrogen) atoms. The molecule has 2 aliphatic heterocycles. The van der Waals surface area contributed by atoms with Crippen LogP contribution in [0.2, 0.25) is 0 Å². The summed E-state index contributed by atoms with van der Waals surface area (Å²) in [7, 11) is 1.82. The van der Waals surface area contributed by atoms with E-state index in [1.54, 1.807) is 20.8 Å². The molecule has 0 saturated carbocycles. The standard InChI is InChI=1S/C25H29N3O3/c1-3-4-15-26(2)23(29)19-13-11-18(12-14-19)17-28-21-9-6-5-8-20(21)24(30)27-16-7-10-22(27)25(28)31/h5-6,8-9,11-14,22H,3-4,7,10,15-17H2,1-2H3. The first kappa shape index (κ1) is 21.1. The molecule has 0 radical (unpaired) electrons. The molecule has 0 N–H and O–H groups in total. The van der Waals surface area contributed by atoms with Crippen LogP contribution in [-0.4, -0.2) is 53.7 Å². The van der Waals surface area contributed by atoms with Crippen LogP contribution in [0.3, 0.4) is 0 Å². The SMILES string of the molecule is CCCCN(C)C(=O)c1ccc(CN2C(=O)C3CCCN3C(=O)c3ccccc32)cc1. The van der Waals surface area contributed by atoms with E-state index in [1.807, 2.05) is 49.5 Å². The van der Waals surface area contributed by atoms with E-state index < -0.39 is 6.04 Å². The van der Waals surface area contributed by atoms with Crippen LogP contribution in [0.5, 0.6) is 0 Å². The van der Waals surface area contributed by atoms with Crippen LogP contribution in [0.25, 0.3) is 0 Å². The number of carbonyl (C=O) groups excluding carboxylic acids is 3. The topological polar surface area (TPSA) is 60.9 Å². The van der Waals surface area contributed by atoms with E-state index in [2.05, 4.69) is 6.92 Å². The van der Waals surface area contributed by atoms with Crippen LogP contribution in [0.1, 0.15) is 58.9 Å². The third kappa shape index (κ3) is 4.07. The van der Waals surface area contributed by atoms with E-state index >= 15 is 0 Å². The predicted molar refractivity (Wildman–Crippen MR) is 120 cm³/mol. The zero-order valence-electron chi connectivity index (χ0n) is 18.2. The second-order valence-corrected chi connectivity index (χ2v) is 8.38. The number of rotatable bonds is 6. The Bertz CT molecular complexity index is 986. The van der Waals surface area contributed by atoms with Crippen molar-refractivity contribution >= 4 is 23.4 Å². The smallest absolute Gasteiger partial charge is 0.256 e. The summed E-state index contributed by atoms with van der Waals surface area (Å²) >= 11 is 0. The highest BCUT2D eigenvalue weighted by Crippen LogP contribution is 2.33. The number of anilines is 1. The maximum Gasteiger partial charge on any atom is 0.256 e. The second kappa shape index (κ2) is 8.92. The number of fused-ring (bicyclic) bond motifs is 2. The molecule has 0 spiro atoms. The molecular formula is C25H29N3O3. The Morgan fingerprint density at radius 2 is 1.84 bits per heavy atom. The fourth-order valence-corrected chi connectivity index (χ4v) is 4.43. The summed E-state index contributed by atoms with van der Waals surface area (Å²) in [6.07, 6.45) is 3.57. The Kier molecular flexibility index (Phi) is 6.07. The molecular weight excluding hydrogens is 390 g/mol. The molecule has 2 heterocycles. The zero-order valence-corrected chi connectivity index (χ0v) is 18.2. The maximum absolute atomic E-state index is 13.4.